The molecule has 0 fully saturated rings. The molecule has 6 heteroatoms. The Bertz CT molecular complexity index is 579. The second-order valence-electron chi connectivity index (χ2n) is 4.61. The van der Waals surface area contributed by atoms with Crippen LogP contribution in [0.2, 0.25) is 0 Å². The van der Waals surface area contributed by atoms with Gasteiger partial charge in [0.25, 0.3) is 5.91 Å². The molecule has 2 rings (SSSR count). The van der Waals surface area contributed by atoms with Crippen molar-refractivity contribution < 1.29 is 13.2 Å². The molecule has 0 saturated carbocycles. The zero-order chi connectivity index (χ0) is 13.3. The summed E-state index contributed by atoms with van der Waals surface area (Å²) in [4.78, 5) is 11.9. The van der Waals surface area contributed by atoms with Gasteiger partial charge in [-0.25, -0.2) is 13.1 Å². The number of fused-ring (bicyclic) bond motifs is 1. The van der Waals surface area contributed by atoms with E-state index < -0.39 is 21.2 Å². The van der Waals surface area contributed by atoms with Crippen molar-refractivity contribution in [3.63, 3.8) is 0 Å². The first-order valence-corrected chi connectivity index (χ1v) is 7.33. The molecule has 0 atom stereocenters. The van der Waals surface area contributed by atoms with Crippen LogP contribution in [-0.4, -0.2) is 19.6 Å². The molecule has 1 aliphatic heterocycles. The van der Waals surface area contributed by atoms with E-state index >= 15 is 0 Å². The molecule has 0 spiro atoms. The van der Waals surface area contributed by atoms with Gasteiger partial charge in [0.2, 0.25) is 10.0 Å². The maximum absolute atomic E-state index is 11.9. The summed E-state index contributed by atoms with van der Waals surface area (Å²) in [6.45, 7) is 4.57. The molecule has 1 aromatic rings. The number of carbonyl (C=O) groups is 1. The van der Waals surface area contributed by atoms with Gasteiger partial charge in [-0.05, 0) is 37.1 Å². The van der Waals surface area contributed by atoms with Gasteiger partial charge in [0, 0.05) is 18.7 Å². The molecular formula is C12H16N2O3S. The van der Waals surface area contributed by atoms with E-state index in [2.05, 4.69) is 10.0 Å². The van der Waals surface area contributed by atoms with Crippen LogP contribution in [-0.2, 0) is 23.1 Å². The van der Waals surface area contributed by atoms with Crippen molar-refractivity contribution in [1.82, 2.24) is 10.0 Å². The van der Waals surface area contributed by atoms with Gasteiger partial charge in [-0.15, -0.1) is 0 Å². The van der Waals surface area contributed by atoms with Gasteiger partial charge < -0.3 is 5.32 Å². The minimum Gasteiger partial charge on any atom is -0.309 e. The van der Waals surface area contributed by atoms with Crippen LogP contribution in [0.5, 0.6) is 0 Å². The van der Waals surface area contributed by atoms with Crippen LogP contribution in [0.1, 0.15) is 35.3 Å². The lowest BCUT2D eigenvalue weighted by molar-refractivity contribution is 0.0981. The third-order valence-electron chi connectivity index (χ3n) is 2.95. The van der Waals surface area contributed by atoms with Gasteiger partial charge in [-0.2, -0.15) is 0 Å². The molecular weight excluding hydrogens is 252 g/mol. The maximum atomic E-state index is 11.9. The second kappa shape index (κ2) is 4.70. The first kappa shape index (κ1) is 13.0. The summed E-state index contributed by atoms with van der Waals surface area (Å²) in [6, 6.07) is 5.24. The second-order valence-corrected chi connectivity index (χ2v) is 6.85. The number of benzene rings is 1. The fourth-order valence-corrected chi connectivity index (χ4v) is 2.35. The standard InChI is InChI=1S/C12H16N2O3S/c1-8(2)18(16,17)14-12(15)9-3-4-10-6-13-7-11(10)5-9/h3-5,8,13H,6-7H2,1-2H3,(H,14,15). The van der Waals surface area contributed by atoms with Crippen LogP contribution in [0.4, 0.5) is 0 Å². The predicted molar refractivity (Wildman–Crippen MR) is 68.5 cm³/mol. The summed E-state index contributed by atoms with van der Waals surface area (Å²) in [6.07, 6.45) is 0. The van der Waals surface area contributed by atoms with Gasteiger partial charge in [0.1, 0.15) is 0 Å². The van der Waals surface area contributed by atoms with E-state index in [0.717, 1.165) is 17.7 Å². The Kier molecular flexibility index (Phi) is 3.41. The third kappa shape index (κ3) is 2.54. The number of hydrogen-bond donors (Lipinski definition) is 2. The smallest absolute Gasteiger partial charge is 0.264 e. The van der Waals surface area contributed by atoms with Crippen molar-refractivity contribution in [1.29, 1.82) is 0 Å². The SMILES string of the molecule is CC(C)S(=O)(=O)NC(=O)c1ccc2c(c1)CNC2. The number of sulfonamides is 1. The van der Waals surface area contributed by atoms with Crippen LogP contribution < -0.4 is 10.0 Å². The van der Waals surface area contributed by atoms with Crippen molar-refractivity contribution in [3.05, 3.63) is 34.9 Å². The highest BCUT2D eigenvalue weighted by Crippen LogP contribution is 2.17. The summed E-state index contributed by atoms with van der Waals surface area (Å²) < 4.78 is 25.3. The molecule has 0 saturated heterocycles. The van der Waals surface area contributed by atoms with Crippen LogP contribution in [0.25, 0.3) is 0 Å². The highest BCUT2D eigenvalue weighted by molar-refractivity contribution is 7.90. The molecule has 2 N–H and O–H groups in total. The van der Waals surface area contributed by atoms with Crippen molar-refractivity contribution in [2.24, 2.45) is 0 Å². The lowest BCUT2D eigenvalue weighted by Gasteiger charge is -2.10. The first-order chi connectivity index (χ1) is 8.40. The van der Waals surface area contributed by atoms with E-state index in [-0.39, 0.29) is 0 Å². The molecule has 18 heavy (non-hydrogen) atoms. The monoisotopic (exact) mass is 268 g/mol. The van der Waals surface area contributed by atoms with Crippen LogP contribution in [0, 0.1) is 0 Å². The highest BCUT2D eigenvalue weighted by Gasteiger charge is 2.21. The summed E-state index contributed by atoms with van der Waals surface area (Å²) in [7, 11) is -3.57. The Balaban J connectivity index is 2.20. The summed E-state index contributed by atoms with van der Waals surface area (Å²) >= 11 is 0. The van der Waals surface area contributed by atoms with Gasteiger partial charge in [-0.1, -0.05) is 6.07 Å². The number of nitrogens with one attached hydrogen (secondary N) is 2. The Morgan fingerprint density at radius 2 is 1.94 bits per heavy atom. The minimum atomic E-state index is -3.57. The highest BCUT2D eigenvalue weighted by atomic mass is 32.2. The number of amides is 1. The summed E-state index contributed by atoms with van der Waals surface area (Å²) in [5.41, 5.74) is 2.57. The normalized spacial score (nSPS) is 14.6. The zero-order valence-corrected chi connectivity index (χ0v) is 11.2. The van der Waals surface area contributed by atoms with Gasteiger partial charge in [0.05, 0.1) is 5.25 Å². The Labute approximate surface area is 107 Å². The Hall–Kier alpha value is -1.40. The van der Waals surface area contributed by atoms with Gasteiger partial charge in [0.15, 0.2) is 0 Å². The fraction of sp³-hybridized carbons (Fsp3) is 0.417. The van der Waals surface area contributed by atoms with E-state index in [1.54, 1.807) is 12.1 Å². The molecule has 5 nitrogen and oxygen atoms in total. The van der Waals surface area contributed by atoms with Gasteiger partial charge >= 0.3 is 0 Å². The number of rotatable bonds is 3. The fourth-order valence-electron chi connectivity index (χ4n) is 1.74. The van der Waals surface area contributed by atoms with E-state index in [0.29, 0.717) is 12.1 Å². The Morgan fingerprint density at radius 1 is 1.28 bits per heavy atom. The minimum absolute atomic E-state index is 0.377. The van der Waals surface area contributed by atoms with Crippen molar-refractivity contribution >= 4 is 15.9 Å². The average molecular weight is 268 g/mol. The lowest BCUT2D eigenvalue weighted by Crippen LogP contribution is -2.35. The number of hydrogen-bond acceptors (Lipinski definition) is 4. The molecule has 0 radical (unpaired) electrons. The lowest BCUT2D eigenvalue weighted by atomic mass is 10.1. The molecule has 1 aliphatic rings. The van der Waals surface area contributed by atoms with E-state index in [1.807, 2.05) is 6.07 Å². The zero-order valence-electron chi connectivity index (χ0n) is 10.4. The molecule has 0 aromatic heterocycles. The van der Waals surface area contributed by atoms with Crippen LogP contribution >= 0.6 is 0 Å². The van der Waals surface area contributed by atoms with Crippen molar-refractivity contribution in [2.75, 3.05) is 0 Å². The Morgan fingerprint density at radius 3 is 2.61 bits per heavy atom. The van der Waals surface area contributed by atoms with Crippen LogP contribution in [0.3, 0.4) is 0 Å². The predicted octanol–water partition coefficient (Wildman–Crippen LogP) is 0.758. The average Bonchev–Trinajstić information content (AvgIpc) is 2.74. The van der Waals surface area contributed by atoms with E-state index in [9.17, 15) is 13.2 Å². The third-order valence-corrected chi connectivity index (χ3v) is 4.67. The largest absolute Gasteiger partial charge is 0.309 e. The van der Waals surface area contributed by atoms with Crippen molar-refractivity contribution in [3.8, 4) is 0 Å². The van der Waals surface area contributed by atoms with E-state index in [4.69, 9.17) is 0 Å². The summed E-state index contributed by atoms with van der Waals surface area (Å²) in [5, 5.41) is 2.54. The quantitative estimate of drug-likeness (QED) is 0.848. The molecule has 0 unspecified atom stereocenters. The van der Waals surface area contributed by atoms with E-state index in [1.165, 1.54) is 13.8 Å². The first-order valence-electron chi connectivity index (χ1n) is 5.78. The molecule has 1 amide bonds. The number of carbonyl (C=O) groups excluding carboxylic acids is 1. The topological polar surface area (TPSA) is 75.3 Å². The molecule has 0 bridgehead atoms. The van der Waals surface area contributed by atoms with Crippen LogP contribution in [0.15, 0.2) is 18.2 Å². The van der Waals surface area contributed by atoms with Gasteiger partial charge in [-0.3, -0.25) is 4.79 Å². The maximum Gasteiger partial charge on any atom is 0.264 e. The molecule has 0 aliphatic carbocycles. The molecule has 1 heterocycles. The van der Waals surface area contributed by atoms with Crippen molar-refractivity contribution in [2.45, 2.75) is 32.2 Å². The molecule has 1 aromatic carbocycles. The molecule has 98 valence electrons. The summed E-state index contributed by atoms with van der Waals surface area (Å²) in [5.74, 6) is -0.571.